The Balaban J connectivity index is 3.71. The van der Waals surface area contributed by atoms with Crippen molar-refractivity contribution in [3.05, 3.63) is 0 Å². The summed E-state index contributed by atoms with van der Waals surface area (Å²) in [7, 11) is 0. The van der Waals surface area contributed by atoms with Crippen LogP contribution in [0.25, 0.3) is 0 Å². The van der Waals surface area contributed by atoms with Crippen molar-refractivity contribution in [2.75, 3.05) is 6.67 Å². The lowest BCUT2D eigenvalue weighted by Crippen LogP contribution is -2.26. The van der Waals surface area contributed by atoms with Gasteiger partial charge in [-0.15, -0.1) is 0 Å². The van der Waals surface area contributed by atoms with E-state index in [9.17, 15) is 18.0 Å². The molecule has 0 aliphatic heterocycles. The molecule has 0 aromatic heterocycles. The number of rotatable bonds is 3. The van der Waals surface area contributed by atoms with Crippen molar-refractivity contribution >= 4 is 6.16 Å². The number of carboxylic acid groups (broad SMARTS) is 1. The Hall–Kier alpha value is -0.940. The summed E-state index contributed by atoms with van der Waals surface area (Å²) in [6.45, 7) is -1.51. The quantitative estimate of drug-likeness (QED) is 0.629. The van der Waals surface area contributed by atoms with E-state index in [0.717, 1.165) is 0 Å². The van der Waals surface area contributed by atoms with E-state index in [4.69, 9.17) is 5.11 Å². The standard InChI is InChI=1S/C4H5F3O3/c5-1-2(3(6)7)10-4(8)9/h2-3H,1H2,(H,8,9). The first kappa shape index (κ1) is 9.06. The van der Waals surface area contributed by atoms with Crippen LogP contribution >= 0.6 is 0 Å². The zero-order chi connectivity index (χ0) is 8.15. The Morgan fingerprint density at radius 3 is 2.20 bits per heavy atom. The third-order valence-corrected chi connectivity index (χ3v) is 0.685. The lowest BCUT2D eigenvalue weighted by molar-refractivity contribution is -0.0453. The molecule has 1 atom stereocenters. The van der Waals surface area contributed by atoms with Crippen molar-refractivity contribution in [3.8, 4) is 0 Å². The fraction of sp³-hybridized carbons (Fsp3) is 0.750. The molecule has 0 saturated carbocycles. The summed E-state index contributed by atoms with van der Waals surface area (Å²) in [6.07, 6.45) is -7.17. The van der Waals surface area contributed by atoms with Crippen LogP contribution in [-0.2, 0) is 4.74 Å². The van der Waals surface area contributed by atoms with E-state index in [0.29, 0.717) is 0 Å². The van der Waals surface area contributed by atoms with Gasteiger partial charge in [0.05, 0.1) is 0 Å². The normalized spacial score (nSPS) is 13.2. The molecule has 3 nitrogen and oxygen atoms in total. The minimum absolute atomic E-state index is 1.51. The van der Waals surface area contributed by atoms with Gasteiger partial charge in [-0.05, 0) is 0 Å². The van der Waals surface area contributed by atoms with Gasteiger partial charge in [-0.1, -0.05) is 0 Å². The minimum Gasteiger partial charge on any atom is -0.450 e. The molecule has 10 heavy (non-hydrogen) atoms. The number of alkyl halides is 3. The second-order valence-electron chi connectivity index (χ2n) is 1.41. The Bertz CT molecular complexity index is 116. The minimum atomic E-state index is -3.11. The van der Waals surface area contributed by atoms with Crippen molar-refractivity contribution in [2.45, 2.75) is 12.5 Å². The van der Waals surface area contributed by atoms with E-state index in [1.165, 1.54) is 0 Å². The molecule has 0 aromatic carbocycles. The van der Waals surface area contributed by atoms with Crippen LogP contribution < -0.4 is 0 Å². The van der Waals surface area contributed by atoms with Crippen LogP contribution in [-0.4, -0.2) is 30.5 Å². The summed E-state index contributed by atoms with van der Waals surface area (Å²) in [5, 5.41) is 7.74. The van der Waals surface area contributed by atoms with Gasteiger partial charge in [-0.3, -0.25) is 0 Å². The molecule has 60 valence electrons. The van der Waals surface area contributed by atoms with Crippen molar-refractivity contribution in [1.82, 2.24) is 0 Å². The Morgan fingerprint density at radius 2 is 2.10 bits per heavy atom. The van der Waals surface area contributed by atoms with Crippen molar-refractivity contribution in [1.29, 1.82) is 0 Å². The molecule has 0 saturated heterocycles. The maximum atomic E-state index is 11.4. The van der Waals surface area contributed by atoms with Gasteiger partial charge in [0.15, 0.2) is 6.10 Å². The zero-order valence-electron chi connectivity index (χ0n) is 4.76. The first-order valence-electron chi connectivity index (χ1n) is 2.31. The number of ether oxygens (including phenoxy) is 1. The number of hydrogen-bond acceptors (Lipinski definition) is 2. The lowest BCUT2D eigenvalue weighted by atomic mass is 10.4. The number of carbonyl (C=O) groups is 1. The van der Waals surface area contributed by atoms with E-state index in [1.54, 1.807) is 0 Å². The van der Waals surface area contributed by atoms with E-state index in [2.05, 4.69) is 4.74 Å². The van der Waals surface area contributed by atoms with E-state index in [-0.39, 0.29) is 0 Å². The molecule has 0 aromatic rings. The Morgan fingerprint density at radius 1 is 1.60 bits per heavy atom. The second kappa shape index (κ2) is 3.97. The lowest BCUT2D eigenvalue weighted by Gasteiger charge is -2.09. The summed E-state index contributed by atoms with van der Waals surface area (Å²) in [6, 6.07) is 0. The van der Waals surface area contributed by atoms with Gasteiger partial charge in [0.25, 0.3) is 6.43 Å². The molecule has 0 bridgehead atoms. The van der Waals surface area contributed by atoms with Gasteiger partial charge < -0.3 is 9.84 Å². The molecular formula is C4H5F3O3. The molecule has 0 radical (unpaired) electrons. The molecule has 1 N–H and O–H groups in total. The maximum Gasteiger partial charge on any atom is 0.506 e. The van der Waals surface area contributed by atoms with E-state index in [1.807, 2.05) is 0 Å². The summed E-state index contributed by atoms with van der Waals surface area (Å²) in [4.78, 5) is 9.55. The predicted molar refractivity (Wildman–Crippen MR) is 24.9 cm³/mol. The van der Waals surface area contributed by atoms with Crippen LogP contribution in [0.5, 0.6) is 0 Å². The molecule has 0 amide bonds. The molecule has 0 rings (SSSR count). The van der Waals surface area contributed by atoms with Crippen molar-refractivity contribution in [3.63, 3.8) is 0 Å². The van der Waals surface area contributed by atoms with E-state index < -0.39 is 25.4 Å². The van der Waals surface area contributed by atoms with Crippen LogP contribution in [0.2, 0.25) is 0 Å². The topological polar surface area (TPSA) is 46.5 Å². The molecule has 0 fully saturated rings. The largest absolute Gasteiger partial charge is 0.506 e. The molecule has 0 spiro atoms. The van der Waals surface area contributed by atoms with Gasteiger partial charge >= 0.3 is 6.16 Å². The molecule has 6 heteroatoms. The highest BCUT2D eigenvalue weighted by molar-refractivity contribution is 5.57. The van der Waals surface area contributed by atoms with Crippen LogP contribution in [0.1, 0.15) is 0 Å². The van der Waals surface area contributed by atoms with Gasteiger partial charge in [0.1, 0.15) is 6.67 Å². The van der Waals surface area contributed by atoms with Crippen molar-refractivity contribution in [2.24, 2.45) is 0 Å². The zero-order valence-corrected chi connectivity index (χ0v) is 4.76. The number of halogens is 3. The number of hydrogen-bond donors (Lipinski definition) is 1. The fourth-order valence-electron chi connectivity index (χ4n) is 0.280. The van der Waals surface area contributed by atoms with Crippen LogP contribution in [0.4, 0.5) is 18.0 Å². The highest BCUT2D eigenvalue weighted by Gasteiger charge is 2.23. The third-order valence-electron chi connectivity index (χ3n) is 0.685. The third kappa shape index (κ3) is 3.16. The van der Waals surface area contributed by atoms with Crippen LogP contribution in [0.15, 0.2) is 0 Å². The molecular weight excluding hydrogens is 153 g/mol. The summed E-state index contributed by atoms with van der Waals surface area (Å²) >= 11 is 0. The highest BCUT2D eigenvalue weighted by atomic mass is 19.3. The highest BCUT2D eigenvalue weighted by Crippen LogP contribution is 2.06. The van der Waals surface area contributed by atoms with Crippen LogP contribution in [0, 0.1) is 0 Å². The average molecular weight is 158 g/mol. The molecule has 0 aliphatic carbocycles. The smallest absolute Gasteiger partial charge is 0.450 e. The van der Waals surface area contributed by atoms with Gasteiger partial charge in [-0.2, -0.15) is 0 Å². The predicted octanol–water partition coefficient (Wildman–Crippen LogP) is 1.28. The Labute approximate surface area is 54.4 Å². The monoisotopic (exact) mass is 158 g/mol. The first-order valence-corrected chi connectivity index (χ1v) is 2.31. The van der Waals surface area contributed by atoms with Gasteiger partial charge in [0.2, 0.25) is 0 Å². The second-order valence-corrected chi connectivity index (χ2v) is 1.41. The summed E-state index contributed by atoms with van der Waals surface area (Å²) < 4.78 is 37.7. The van der Waals surface area contributed by atoms with Crippen molar-refractivity contribution < 1.29 is 27.8 Å². The SMILES string of the molecule is O=C(O)OC(CF)C(F)F. The average Bonchev–Trinajstić information content (AvgIpc) is 1.81. The molecule has 0 aliphatic rings. The molecule has 1 unspecified atom stereocenters. The maximum absolute atomic E-state index is 11.4. The van der Waals surface area contributed by atoms with Gasteiger partial charge in [0, 0.05) is 0 Å². The summed E-state index contributed by atoms with van der Waals surface area (Å²) in [5.74, 6) is 0. The first-order chi connectivity index (χ1) is 4.57. The Kier molecular flexibility index (Phi) is 3.60. The van der Waals surface area contributed by atoms with Gasteiger partial charge in [-0.25, -0.2) is 18.0 Å². The summed E-state index contributed by atoms with van der Waals surface area (Å²) in [5.41, 5.74) is 0. The molecule has 0 heterocycles. The van der Waals surface area contributed by atoms with E-state index >= 15 is 0 Å². The van der Waals surface area contributed by atoms with Crippen LogP contribution in [0.3, 0.4) is 0 Å². The fourth-order valence-corrected chi connectivity index (χ4v) is 0.280.